The third-order valence-electron chi connectivity index (χ3n) is 4.78. The summed E-state index contributed by atoms with van der Waals surface area (Å²) < 4.78 is 82.6. The monoisotopic (exact) mass is 572 g/mol. The molecule has 0 radical (unpaired) electrons. The first-order valence-corrected chi connectivity index (χ1v) is 12.5. The molecule has 214 valence electrons. The van der Waals surface area contributed by atoms with E-state index in [1.807, 2.05) is 0 Å². The first-order valence-electron chi connectivity index (χ1n) is 11.1. The second-order valence-corrected chi connectivity index (χ2v) is 8.89. The molecule has 0 aromatic carbocycles. The summed E-state index contributed by atoms with van der Waals surface area (Å²) in [5, 5.41) is 0. The number of hydrogen-bond donors (Lipinski definition) is 1. The Balaban J connectivity index is 0.000000781. The lowest BCUT2D eigenvalue weighted by Crippen LogP contribution is -2.49. The van der Waals surface area contributed by atoms with Gasteiger partial charge in [-0.1, -0.05) is 20.8 Å². The van der Waals surface area contributed by atoms with E-state index in [1.165, 1.54) is 16.8 Å². The average molecular weight is 573 g/mol. The fraction of sp³-hybridized carbons (Fsp3) is 0.571. The van der Waals surface area contributed by atoms with Crippen LogP contribution in [0.25, 0.3) is 0 Å². The third kappa shape index (κ3) is 9.53. The molecule has 1 aliphatic rings. The number of carbonyl (C=O) groups is 4. The van der Waals surface area contributed by atoms with Crippen LogP contribution in [0.3, 0.4) is 0 Å². The molecule has 1 amide bonds. The maximum atomic E-state index is 12.1. The fourth-order valence-corrected chi connectivity index (χ4v) is 2.89. The van der Waals surface area contributed by atoms with E-state index in [-0.39, 0.29) is 31.4 Å². The molecular weight excluding hydrogens is 545 g/mol. The molecule has 1 saturated heterocycles. The van der Waals surface area contributed by atoms with E-state index in [1.54, 1.807) is 33.0 Å². The summed E-state index contributed by atoms with van der Waals surface area (Å²) in [6.07, 6.45) is -0.430. The van der Waals surface area contributed by atoms with Gasteiger partial charge < -0.3 is 29.2 Å². The van der Waals surface area contributed by atoms with Crippen molar-refractivity contribution in [3.05, 3.63) is 30.1 Å². The summed E-state index contributed by atoms with van der Waals surface area (Å²) >= 11 is 0. The predicted octanol–water partition coefficient (Wildman–Crippen LogP) is 0.619. The molecule has 0 spiro atoms. The van der Waals surface area contributed by atoms with E-state index >= 15 is 0 Å². The SMILES string of the molecule is CCC(=O)OC[C@H]1O[C@@H]([n+]2cccc(C(N)=O)c2)[C@H](OC(=O)CC)[C@@H]1OC(=O)CC.O=S(=O)([O-])C(F)(F)F. The topological polar surface area (TPSA) is 192 Å². The number of rotatable bonds is 9. The van der Waals surface area contributed by atoms with Gasteiger partial charge in [-0.3, -0.25) is 19.2 Å². The summed E-state index contributed by atoms with van der Waals surface area (Å²) in [6, 6.07) is 3.11. The van der Waals surface area contributed by atoms with Gasteiger partial charge in [0.25, 0.3) is 5.91 Å². The number of nitrogens with zero attached hydrogens (tertiary/aromatic N) is 1. The van der Waals surface area contributed by atoms with Gasteiger partial charge in [0.2, 0.25) is 6.10 Å². The van der Waals surface area contributed by atoms with Gasteiger partial charge in [-0.2, -0.15) is 17.7 Å². The molecular formula is C21H27F3N2O11S. The van der Waals surface area contributed by atoms with Gasteiger partial charge in [0.15, 0.2) is 28.6 Å². The molecule has 0 aliphatic carbocycles. The quantitative estimate of drug-likeness (QED) is 0.143. The number of alkyl halides is 3. The molecule has 2 N–H and O–H groups in total. The predicted molar refractivity (Wildman–Crippen MR) is 116 cm³/mol. The van der Waals surface area contributed by atoms with Crippen LogP contribution in [-0.4, -0.2) is 67.2 Å². The van der Waals surface area contributed by atoms with Gasteiger partial charge in [-0.25, -0.2) is 8.42 Å². The number of aromatic nitrogens is 1. The average Bonchev–Trinajstić information content (AvgIpc) is 3.17. The highest BCUT2D eigenvalue weighted by Gasteiger charge is 2.55. The maximum Gasteiger partial charge on any atom is 0.485 e. The van der Waals surface area contributed by atoms with Crippen molar-refractivity contribution in [1.29, 1.82) is 0 Å². The highest BCUT2D eigenvalue weighted by molar-refractivity contribution is 7.86. The summed E-state index contributed by atoms with van der Waals surface area (Å²) in [5.41, 5.74) is -0.0854. The number of carbonyl (C=O) groups excluding carboxylic acids is 4. The number of ether oxygens (including phenoxy) is 4. The van der Waals surface area contributed by atoms with Crippen LogP contribution in [0, 0.1) is 0 Å². The van der Waals surface area contributed by atoms with Crippen molar-refractivity contribution in [2.75, 3.05) is 6.61 Å². The lowest BCUT2D eigenvalue weighted by Gasteiger charge is -2.22. The standard InChI is InChI=1S/C20H26N2O8.CHF3O3S/c1-4-14(23)27-11-13-17(29-15(24)5-2)18(30-16(25)6-3)20(28-13)22-9-7-8-12(10-22)19(21)26;2-1(3,4)8(5,6)7/h7-10,13,17-18,20H,4-6,11H2,1-3H3,(H-,21,26);(H,5,6,7)/t13-,17-,18-,20-;/m1./s1. The van der Waals surface area contributed by atoms with Crippen molar-refractivity contribution in [1.82, 2.24) is 0 Å². The summed E-state index contributed by atoms with van der Waals surface area (Å²) in [4.78, 5) is 47.2. The molecule has 38 heavy (non-hydrogen) atoms. The molecule has 1 aromatic rings. The Kier molecular flexibility index (Phi) is 12.1. The minimum atomic E-state index is -6.09. The van der Waals surface area contributed by atoms with Gasteiger partial charge in [-0.15, -0.1) is 0 Å². The van der Waals surface area contributed by atoms with Crippen molar-refractivity contribution < 1.29 is 68.8 Å². The first-order chi connectivity index (χ1) is 17.5. The molecule has 1 aromatic heterocycles. The molecule has 1 aliphatic heterocycles. The molecule has 0 unspecified atom stereocenters. The summed E-state index contributed by atoms with van der Waals surface area (Å²) in [6.45, 7) is 4.70. The van der Waals surface area contributed by atoms with Crippen LogP contribution in [0.1, 0.15) is 56.6 Å². The zero-order chi connectivity index (χ0) is 29.3. The first kappa shape index (κ1) is 32.7. The van der Waals surface area contributed by atoms with Crippen LogP contribution in [-0.2, 0) is 43.4 Å². The normalized spacial score (nSPS) is 21.0. The molecule has 2 rings (SSSR count). The number of halogens is 3. The van der Waals surface area contributed by atoms with E-state index in [4.69, 9.17) is 37.7 Å². The Bertz CT molecular complexity index is 1110. The molecule has 2 heterocycles. The third-order valence-corrected chi connectivity index (χ3v) is 5.35. The Morgan fingerprint density at radius 3 is 1.97 bits per heavy atom. The number of primary amides is 1. The number of amides is 1. The largest absolute Gasteiger partial charge is 0.741 e. The van der Waals surface area contributed by atoms with Crippen molar-refractivity contribution in [2.45, 2.75) is 70.1 Å². The summed E-state index contributed by atoms with van der Waals surface area (Å²) in [5.74, 6) is -2.14. The van der Waals surface area contributed by atoms with Gasteiger partial charge in [0.1, 0.15) is 18.3 Å². The minimum Gasteiger partial charge on any atom is -0.741 e. The number of pyridine rings is 1. The van der Waals surface area contributed by atoms with Gasteiger partial charge in [0.05, 0.1) is 0 Å². The van der Waals surface area contributed by atoms with Gasteiger partial charge >= 0.3 is 29.6 Å². The van der Waals surface area contributed by atoms with E-state index in [0.717, 1.165) is 0 Å². The fourth-order valence-electron chi connectivity index (χ4n) is 2.89. The van der Waals surface area contributed by atoms with Crippen molar-refractivity contribution in [2.24, 2.45) is 5.73 Å². The number of esters is 3. The second-order valence-electron chi connectivity index (χ2n) is 7.52. The van der Waals surface area contributed by atoms with E-state index in [0.29, 0.717) is 0 Å². The van der Waals surface area contributed by atoms with Gasteiger partial charge in [0, 0.05) is 25.3 Å². The molecule has 1 fully saturated rings. The zero-order valence-corrected chi connectivity index (χ0v) is 21.3. The van der Waals surface area contributed by atoms with Crippen LogP contribution in [0.2, 0.25) is 0 Å². The number of nitrogens with two attached hydrogens (primary N) is 1. The zero-order valence-electron chi connectivity index (χ0n) is 20.5. The van der Waals surface area contributed by atoms with Crippen LogP contribution in [0.5, 0.6) is 0 Å². The molecule has 17 heteroatoms. The van der Waals surface area contributed by atoms with Crippen LogP contribution < -0.4 is 10.3 Å². The van der Waals surface area contributed by atoms with Crippen LogP contribution >= 0.6 is 0 Å². The van der Waals surface area contributed by atoms with Crippen LogP contribution in [0.4, 0.5) is 13.2 Å². The Labute approximate surface area is 215 Å². The summed E-state index contributed by atoms with van der Waals surface area (Å²) in [7, 11) is -6.09. The van der Waals surface area contributed by atoms with E-state index < -0.39 is 64.0 Å². The van der Waals surface area contributed by atoms with Gasteiger partial charge in [-0.05, 0) is 6.07 Å². The minimum absolute atomic E-state index is 0.0964. The van der Waals surface area contributed by atoms with E-state index in [2.05, 4.69) is 0 Å². The lowest BCUT2D eigenvalue weighted by molar-refractivity contribution is -0.765. The van der Waals surface area contributed by atoms with Crippen molar-refractivity contribution >= 4 is 33.9 Å². The second kappa shape index (κ2) is 14.0. The maximum absolute atomic E-state index is 12.1. The van der Waals surface area contributed by atoms with Crippen LogP contribution in [0.15, 0.2) is 24.5 Å². The van der Waals surface area contributed by atoms with Crippen molar-refractivity contribution in [3.63, 3.8) is 0 Å². The highest BCUT2D eigenvalue weighted by Crippen LogP contribution is 2.31. The Morgan fingerprint density at radius 2 is 1.53 bits per heavy atom. The molecule has 13 nitrogen and oxygen atoms in total. The number of hydrogen-bond acceptors (Lipinski definition) is 11. The highest BCUT2D eigenvalue weighted by atomic mass is 32.2. The molecule has 0 saturated carbocycles. The van der Waals surface area contributed by atoms with E-state index in [9.17, 15) is 32.3 Å². The smallest absolute Gasteiger partial charge is 0.485 e. The lowest BCUT2D eigenvalue weighted by atomic mass is 10.1. The van der Waals surface area contributed by atoms with Crippen molar-refractivity contribution in [3.8, 4) is 0 Å². The Hall–Kier alpha value is -3.31. The Morgan fingerprint density at radius 1 is 1.03 bits per heavy atom. The molecule has 0 bridgehead atoms. The molecule has 4 atom stereocenters.